The third-order valence-corrected chi connectivity index (χ3v) is 1.97. The van der Waals surface area contributed by atoms with Crippen LogP contribution in [0.5, 0.6) is 0 Å². The van der Waals surface area contributed by atoms with Crippen molar-refractivity contribution >= 4 is 23.5 Å². The number of carbonyl (C=O) groups is 1. The molecular formula is C6H8N2O2S. The number of nitrogen functional groups attached to an aromatic ring is 1. The van der Waals surface area contributed by atoms with Crippen LogP contribution in [-0.4, -0.2) is 21.8 Å². The molecule has 0 aliphatic rings. The summed E-state index contributed by atoms with van der Waals surface area (Å²) < 4.78 is 0. The maximum Gasteiger partial charge on any atom is 0.313 e. The molecule has 0 spiro atoms. The average molecular weight is 172 g/mol. The van der Waals surface area contributed by atoms with Crippen LogP contribution in [0.4, 0.5) is 5.82 Å². The van der Waals surface area contributed by atoms with Gasteiger partial charge in [-0.05, 0) is 12.1 Å². The van der Waals surface area contributed by atoms with E-state index in [0.29, 0.717) is 5.82 Å². The number of anilines is 1. The smallest absolute Gasteiger partial charge is 0.313 e. The molecule has 0 radical (unpaired) electrons. The van der Waals surface area contributed by atoms with Gasteiger partial charge in [0, 0.05) is 0 Å². The fraction of sp³-hybridized carbons (Fsp3) is 0.167. The van der Waals surface area contributed by atoms with Crippen LogP contribution in [0.2, 0.25) is 0 Å². The van der Waals surface area contributed by atoms with E-state index in [0.717, 1.165) is 5.03 Å². The average Bonchev–Trinajstić information content (AvgIpc) is 2.31. The Bertz CT molecular complexity index is 259. The van der Waals surface area contributed by atoms with Crippen LogP contribution in [0, 0.1) is 0 Å². The molecule has 0 amide bonds. The van der Waals surface area contributed by atoms with Crippen LogP contribution in [-0.2, 0) is 4.79 Å². The maximum absolute atomic E-state index is 10.1. The van der Waals surface area contributed by atoms with Crippen molar-refractivity contribution in [2.45, 2.75) is 5.03 Å². The number of thioether (sulfide) groups is 1. The van der Waals surface area contributed by atoms with E-state index >= 15 is 0 Å². The van der Waals surface area contributed by atoms with Crippen LogP contribution in [0.1, 0.15) is 0 Å². The van der Waals surface area contributed by atoms with Crippen molar-refractivity contribution in [1.29, 1.82) is 0 Å². The summed E-state index contributed by atoms with van der Waals surface area (Å²) in [4.78, 5) is 12.9. The molecule has 0 bridgehead atoms. The highest BCUT2D eigenvalue weighted by Gasteiger charge is 2.00. The lowest BCUT2D eigenvalue weighted by Gasteiger charge is -1.91. The Labute approximate surface area is 67.8 Å². The summed E-state index contributed by atoms with van der Waals surface area (Å²) in [5.74, 6) is -0.221. The number of carboxylic acid groups (broad SMARTS) is 1. The zero-order chi connectivity index (χ0) is 8.27. The van der Waals surface area contributed by atoms with E-state index in [1.54, 1.807) is 12.1 Å². The number of nitrogens with one attached hydrogen (secondary N) is 1. The second-order valence-corrected chi connectivity index (χ2v) is 2.98. The first-order valence-corrected chi connectivity index (χ1v) is 3.96. The first-order chi connectivity index (χ1) is 5.18. The minimum atomic E-state index is -0.830. The van der Waals surface area contributed by atoms with Crippen molar-refractivity contribution in [3.63, 3.8) is 0 Å². The summed E-state index contributed by atoms with van der Waals surface area (Å²) in [5, 5.41) is 9.10. The van der Waals surface area contributed by atoms with Crippen molar-refractivity contribution in [3.8, 4) is 0 Å². The highest BCUT2D eigenvalue weighted by molar-refractivity contribution is 7.99. The molecule has 4 nitrogen and oxygen atoms in total. The molecule has 0 aliphatic heterocycles. The number of H-pyrrole nitrogens is 1. The Hall–Kier alpha value is -1.10. The quantitative estimate of drug-likeness (QED) is 0.588. The molecule has 5 heteroatoms. The number of aromatic amines is 1. The summed E-state index contributed by atoms with van der Waals surface area (Å²) in [5.41, 5.74) is 5.37. The van der Waals surface area contributed by atoms with Gasteiger partial charge in [0.05, 0.1) is 10.8 Å². The lowest BCUT2D eigenvalue weighted by atomic mass is 10.6. The largest absolute Gasteiger partial charge is 0.481 e. The van der Waals surface area contributed by atoms with Crippen molar-refractivity contribution in [1.82, 2.24) is 4.98 Å². The lowest BCUT2D eigenvalue weighted by Crippen LogP contribution is -1.97. The predicted molar refractivity (Wildman–Crippen MR) is 43.6 cm³/mol. The van der Waals surface area contributed by atoms with Gasteiger partial charge in [0.25, 0.3) is 0 Å². The van der Waals surface area contributed by atoms with E-state index in [2.05, 4.69) is 4.98 Å². The molecule has 11 heavy (non-hydrogen) atoms. The normalized spacial score (nSPS) is 9.82. The second-order valence-electron chi connectivity index (χ2n) is 1.96. The fourth-order valence-corrected chi connectivity index (χ4v) is 1.25. The second kappa shape index (κ2) is 3.34. The lowest BCUT2D eigenvalue weighted by molar-refractivity contribution is -0.133. The van der Waals surface area contributed by atoms with Gasteiger partial charge in [0.15, 0.2) is 0 Å². The molecule has 0 fully saturated rings. The van der Waals surface area contributed by atoms with Crippen molar-refractivity contribution < 1.29 is 9.90 Å². The summed E-state index contributed by atoms with van der Waals surface area (Å²) in [6, 6.07) is 3.45. The van der Waals surface area contributed by atoms with Gasteiger partial charge < -0.3 is 15.8 Å². The summed E-state index contributed by atoms with van der Waals surface area (Å²) in [7, 11) is 0. The molecule has 0 atom stereocenters. The molecule has 1 aromatic rings. The van der Waals surface area contributed by atoms with Crippen LogP contribution in [0.3, 0.4) is 0 Å². The molecular weight excluding hydrogens is 164 g/mol. The zero-order valence-corrected chi connectivity index (χ0v) is 6.52. The van der Waals surface area contributed by atoms with Crippen molar-refractivity contribution in [3.05, 3.63) is 12.1 Å². The standard InChI is InChI=1S/C6H8N2O2S/c7-4-1-2-5(8-4)11-3-6(9)10/h1-2,8H,3,7H2,(H,9,10). The molecule has 0 aromatic carbocycles. The number of aromatic nitrogens is 1. The van der Waals surface area contributed by atoms with Gasteiger partial charge in [-0.1, -0.05) is 11.8 Å². The minimum Gasteiger partial charge on any atom is -0.481 e. The molecule has 60 valence electrons. The third-order valence-electron chi connectivity index (χ3n) is 1.03. The highest BCUT2D eigenvalue weighted by atomic mass is 32.2. The maximum atomic E-state index is 10.1. The zero-order valence-electron chi connectivity index (χ0n) is 5.70. The van der Waals surface area contributed by atoms with Gasteiger partial charge in [-0.15, -0.1) is 0 Å². The first kappa shape index (κ1) is 8.00. The number of nitrogens with two attached hydrogens (primary N) is 1. The Kier molecular flexibility index (Phi) is 2.43. The van der Waals surface area contributed by atoms with E-state index in [1.165, 1.54) is 11.8 Å². The molecule has 0 aliphatic carbocycles. The number of rotatable bonds is 3. The van der Waals surface area contributed by atoms with Gasteiger partial charge in [-0.2, -0.15) is 0 Å². The minimum absolute atomic E-state index is 0.0555. The predicted octanol–water partition coefficient (Wildman–Crippen LogP) is 0.774. The molecule has 0 saturated heterocycles. The molecule has 1 heterocycles. The number of aliphatic carboxylic acids is 1. The van der Waals surface area contributed by atoms with E-state index in [-0.39, 0.29) is 5.75 Å². The molecule has 1 rings (SSSR count). The number of carboxylic acids is 1. The molecule has 0 saturated carbocycles. The monoisotopic (exact) mass is 172 g/mol. The van der Waals surface area contributed by atoms with Crippen LogP contribution < -0.4 is 5.73 Å². The van der Waals surface area contributed by atoms with Gasteiger partial charge in [-0.25, -0.2) is 0 Å². The van der Waals surface area contributed by atoms with Gasteiger partial charge in [-0.3, -0.25) is 4.79 Å². The Balaban J connectivity index is 2.45. The summed E-state index contributed by atoms with van der Waals surface area (Å²) in [6.45, 7) is 0. The van der Waals surface area contributed by atoms with Crippen LogP contribution in [0.25, 0.3) is 0 Å². The van der Waals surface area contributed by atoms with E-state index < -0.39 is 5.97 Å². The highest BCUT2D eigenvalue weighted by Crippen LogP contribution is 2.16. The molecule has 0 unspecified atom stereocenters. The topological polar surface area (TPSA) is 79.1 Å². The Morgan fingerprint density at radius 3 is 2.91 bits per heavy atom. The third kappa shape index (κ3) is 2.55. The molecule has 1 aromatic heterocycles. The Morgan fingerprint density at radius 2 is 2.45 bits per heavy atom. The van der Waals surface area contributed by atoms with Gasteiger partial charge in [0.1, 0.15) is 5.82 Å². The van der Waals surface area contributed by atoms with Gasteiger partial charge >= 0.3 is 5.97 Å². The first-order valence-electron chi connectivity index (χ1n) is 2.97. The Morgan fingerprint density at radius 1 is 1.73 bits per heavy atom. The van der Waals surface area contributed by atoms with Crippen LogP contribution >= 0.6 is 11.8 Å². The van der Waals surface area contributed by atoms with E-state index in [4.69, 9.17) is 10.8 Å². The van der Waals surface area contributed by atoms with Crippen molar-refractivity contribution in [2.24, 2.45) is 0 Å². The number of hydrogen-bond donors (Lipinski definition) is 3. The summed E-state index contributed by atoms with van der Waals surface area (Å²) >= 11 is 1.21. The van der Waals surface area contributed by atoms with Crippen molar-refractivity contribution in [2.75, 3.05) is 11.5 Å². The van der Waals surface area contributed by atoms with E-state index in [9.17, 15) is 4.79 Å². The number of hydrogen-bond acceptors (Lipinski definition) is 3. The summed E-state index contributed by atoms with van der Waals surface area (Å²) in [6.07, 6.45) is 0. The SMILES string of the molecule is Nc1ccc(SCC(=O)O)[nH]1. The molecule has 4 N–H and O–H groups in total. The van der Waals surface area contributed by atoms with Gasteiger partial charge in [0.2, 0.25) is 0 Å². The van der Waals surface area contributed by atoms with E-state index in [1.807, 2.05) is 0 Å². The van der Waals surface area contributed by atoms with Crippen LogP contribution in [0.15, 0.2) is 17.2 Å². The fourth-order valence-electron chi connectivity index (χ4n) is 0.615.